The molecule has 21 heavy (non-hydrogen) atoms. The normalized spacial score (nSPS) is 12.2. The topological polar surface area (TPSA) is 67.4 Å². The van der Waals surface area contributed by atoms with E-state index < -0.39 is 10.0 Å². The lowest BCUT2D eigenvalue weighted by atomic mass is 10.2. The molecule has 0 radical (unpaired) electrons. The molecule has 0 aromatic carbocycles. The average molecular weight is 335 g/mol. The summed E-state index contributed by atoms with van der Waals surface area (Å²) in [4.78, 5) is 1.40. The van der Waals surface area contributed by atoms with Gasteiger partial charge in [0.25, 0.3) is 0 Å². The lowest BCUT2D eigenvalue weighted by Gasteiger charge is -2.06. The molecule has 0 aliphatic carbocycles. The van der Waals surface area contributed by atoms with Gasteiger partial charge in [-0.3, -0.25) is 0 Å². The molecule has 0 bridgehead atoms. The molecule has 7 heteroatoms. The van der Waals surface area contributed by atoms with Gasteiger partial charge in [-0.25, -0.2) is 13.1 Å². The Morgan fingerprint density at radius 1 is 1.29 bits per heavy atom. The van der Waals surface area contributed by atoms with Gasteiger partial charge in [0.15, 0.2) is 0 Å². The quantitative estimate of drug-likeness (QED) is 0.610. The number of ether oxygens (including phenoxy) is 1. The third-order valence-electron chi connectivity index (χ3n) is 2.94. The van der Waals surface area contributed by atoms with Gasteiger partial charge in [0.1, 0.15) is 0 Å². The lowest BCUT2D eigenvalue weighted by molar-refractivity contribution is 0.192. The van der Waals surface area contributed by atoms with Crippen LogP contribution in [-0.2, 0) is 21.3 Å². The molecule has 5 nitrogen and oxygen atoms in total. The molecular formula is C14H26N2O3S2. The average Bonchev–Trinajstić information content (AvgIpc) is 2.90. The van der Waals surface area contributed by atoms with E-state index in [1.165, 1.54) is 11.3 Å². The van der Waals surface area contributed by atoms with E-state index >= 15 is 0 Å². The molecule has 0 unspecified atom stereocenters. The Kier molecular flexibility index (Phi) is 8.43. The molecular weight excluding hydrogens is 308 g/mol. The molecule has 0 atom stereocenters. The fraction of sp³-hybridized carbons (Fsp3) is 0.714. The highest BCUT2D eigenvalue weighted by Crippen LogP contribution is 2.19. The predicted molar refractivity (Wildman–Crippen MR) is 87.2 cm³/mol. The van der Waals surface area contributed by atoms with E-state index in [4.69, 9.17) is 4.74 Å². The maximum absolute atomic E-state index is 12.1. The third kappa shape index (κ3) is 7.37. The maximum atomic E-state index is 12.1. The predicted octanol–water partition coefficient (Wildman–Crippen LogP) is 2.34. The second-order valence-electron chi connectivity index (χ2n) is 5.24. The van der Waals surface area contributed by atoms with E-state index in [-0.39, 0.29) is 0 Å². The Morgan fingerprint density at radius 3 is 2.71 bits per heavy atom. The molecule has 0 aliphatic rings. The molecule has 0 amide bonds. The Balaban J connectivity index is 2.40. The zero-order valence-electron chi connectivity index (χ0n) is 13.0. The van der Waals surface area contributed by atoms with Gasteiger partial charge in [-0.2, -0.15) is 0 Å². The number of hydrogen-bond acceptors (Lipinski definition) is 5. The Labute approximate surface area is 132 Å². The summed E-state index contributed by atoms with van der Waals surface area (Å²) in [6.07, 6.45) is 2.75. The van der Waals surface area contributed by atoms with Crippen molar-refractivity contribution in [1.29, 1.82) is 0 Å². The van der Waals surface area contributed by atoms with Crippen molar-refractivity contribution in [2.75, 3.05) is 20.3 Å². The number of nitrogens with one attached hydrogen (secondary N) is 2. The van der Waals surface area contributed by atoms with Gasteiger partial charge < -0.3 is 10.1 Å². The molecule has 0 saturated heterocycles. The van der Waals surface area contributed by atoms with Crippen molar-refractivity contribution >= 4 is 21.4 Å². The number of sulfonamides is 1. The van der Waals surface area contributed by atoms with E-state index in [9.17, 15) is 8.42 Å². The summed E-state index contributed by atoms with van der Waals surface area (Å²) in [6.45, 7) is 6.03. The highest BCUT2D eigenvalue weighted by atomic mass is 32.2. The van der Waals surface area contributed by atoms with Crippen LogP contribution in [0.3, 0.4) is 0 Å². The Bertz CT molecular complexity index is 498. The summed E-state index contributed by atoms with van der Waals surface area (Å²) in [5.41, 5.74) is 0. The minimum atomic E-state index is -3.37. The standard InChI is InChI=1S/C14H26N2O3S2/c1-12(2)15-10-13-9-14(11-20-13)21(17,18)16-7-5-4-6-8-19-3/h9,11-12,15-16H,4-8,10H2,1-3H3. The van der Waals surface area contributed by atoms with Crippen LogP contribution < -0.4 is 10.0 Å². The number of methoxy groups -OCH3 is 1. The van der Waals surface area contributed by atoms with Crippen LogP contribution in [-0.4, -0.2) is 34.7 Å². The second-order valence-corrected chi connectivity index (χ2v) is 8.00. The van der Waals surface area contributed by atoms with Crippen LogP contribution in [0.2, 0.25) is 0 Å². The van der Waals surface area contributed by atoms with Crippen LogP contribution in [0.1, 0.15) is 38.0 Å². The minimum absolute atomic E-state index is 0.366. The van der Waals surface area contributed by atoms with Gasteiger partial charge in [0, 0.05) is 43.1 Å². The molecule has 1 aromatic heterocycles. The molecule has 0 fully saturated rings. The first-order valence-electron chi connectivity index (χ1n) is 7.25. The second kappa shape index (κ2) is 9.53. The van der Waals surface area contributed by atoms with Crippen molar-refractivity contribution < 1.29 is 13.2 Å². The molecule has 2 N–H and O–H groups in total. The summed E-state index contributed by atoms with van der Waals surface area (Å²) in [5, 5.41) is 4.98. The fourth-order valence-electron chi connectivity index (χ4n) is 1.74. The molecule has 0 saturated carbocycles. The van der Waals surface area contributed by atoms with Crippen molar-refractivity contribution in [1.82, 2.24) is 10.0 Å². The van der Waals surface area contributed by atoms with Crippen LogP contribution in [0, 0.1) is 0 Å². The van der Waals surface area contributed by atoms with E-state index in [1.54, 1.807) is 18.6 Å². The molecule has 0 spiro atoms. The molecule has 0 aliphatic heterocycles. The van der Waals surface area contributed by atoms with Gasteiger partial charge in [-0.15, -0.1) is 11.3 Å². The van der Waals surface area contributed by atoms with Crippen molar-refractivity contribution in [3.8, 4) is 0 Å². The van der Waals surface area contributed by atoms with E-state index in [0.29, 0.717) is 24.0 Å². The molecule has 122 valence electrons. The van der Waals surface area contributed by atoms with Gasteiger partial charge in [0.2, 0.25) is 10.0 Å². The molecule has 1 rings (SSSR count). The van der Waals surface area contributed by atoms with Gasteiger partial charge in [-0.05, 0) is 25.3 Å². The van der Waals surface area contributed by atoms with E-state index in [2.05, 4.69) is 23.9 Å². The van der Waals surface area contributed by atoms with Gasteiger partial charge in [0.05, 0.1) is 4.90 Å². The SMILES string of the molecule is COCCCCCNS(=O)(=O)c1csc(CNC(C)C)c1. The zero-order valence-corrected chi connectivity index (χ0v) is 14.6. The first-order chi connectivity index (χ1) is 9.95. The first-order valence-corrected chi connectivity index (χ1v) is 9.61. The Morgan fingerprint density at radius 2 is 2.05 bits per heavy atom. The van der Waals surface area contributed by atoms with Gasteiger partial charge in [-0.1, -0.05) is 13.8 Å². The monoisotopic (exact) mass is 334 g/mol. The molecule has 1 aromatic rings. The first kappa shape index (κ1) is 18.6. The number of unbranched alkanes of at least 4 members (excludes halogenated alkanes) is 2. The van der Waals surface area contributed by atoms with Gasteiger partial charge >= 0.3 is 0 Å². The Hall–Kier alpha value is -0.470. The summed E-state index contributed by atoms with van der Waals surface area (Å²) in [7, 11) is -1.70. The van der Waals surface area contributed by atoms with Crippen molar-refractivity contribution in [2.24, 2.45) is 0 Å². The third-order valence-corrected chi connectivity index (χ3v) is 5.47. The lowest BCUT2D eigenvalue weighted by Crippen LogP contribution is -2.24. The summed E-state index contributed by atoms with van der Waals surface area (Å²) in [5.74, 6) is 0. The van der Waals surface area contributed by atoms with E-state index in [0.717, 1.165) is 30.7 Å². The maximum Gasteiger partial charge on any atom is 0.241 e. The summed E-state index contributed by atoms with van der Waals surface area (Å²) in [6, 6.07) is 2.13. The summed E-state index contributed by atoms with van der Waals surface area (Å²) < 4.78 is 31.9. The minimum Gasteiger partial charge on any atom is -0.385 e. The zero-order chi connectivity index (χ0) is 15.7. The largest absolute Gasteiger partial charge is 0.385 e. The summed E-state index contributed by atoms with van der Waals surface area (Å²) >= 11 is 1.47. The van der Waals surface area contributed by atoms with Crippen LogP contribution >= 0.6 is 11.3 Å². The van der Waals surface area contributed by atoms with Crippen molar-refractivity contribution in [3.05, 3.63) is 16.3 Å². The van der Waals surface area contributed by atoms with E-state index in [1.807, 2.05) is 0 Å². The van der Waals surface area contributed by atoms with Crippen LogP contribution in [0.5, 0.6) is 0 Å². The number of hydrogen-bond donors (Lipinski definition) is 2. The highest BCUT2D eigenvalue weighted by molar-refractivity contribution is 7.89. The van der Waals surface area contributed by atoms with Crippen molar-refractivity contribution in [2.45, 2.75) is 50.6 Å². The van der Waals surface area contributed by atoms with Crippen LogP contribution in [0.15, 0.2) is 16.3 Å². The van der Waals surface area contributed by atoms with Crippen molar-refractivity contribution in [3.63, 3.8) is 0 Å². The smallest absolute Gasteiger partial charge is 0.241 e. The number of rotatable bonds is 11. The fourth-order valence-corrected chi connectivity index (χ4v) is 4.04. The highest BCUT2D eigenvalue weighted by Gasteiger charge is 2.15. The molecule has 1 heterocycles. The number of thiophene rings is 1. The van der Waals surface area contributed by atoms with Crippen LogP contribution in [0.4, 0.5) is 0 Å². The van der Waals surface area contributed by atoms with Crippen LogP contribution in [0.25, 0.3) is 0 Å².